The number of allylic oxidation sites excluding steroid dienone is 6. The van der Waals surface area contributed by atoms with Crippen molar-refractivity contribution in [3.8, 4) is 0 Å². The monoisotopic (exact) mass is 354 g/mol. The van der Waals surface area contributed by atoms with Crippen LogP contribution in [0.25, 0.3) is 5.57 Å². The Hall–Kier alpha value is -2.89. The van der Waals surface area contributed by atoms with Gasteiger partial charge in [-0.25, -0.2) is 0 Å². The SMILES string of the molecule is C=C/C=C(\C=C/C)c1cc(N2CCC(/C(C)=C/C(=O)NC)CC2=O)n[nH]1. The molecule has 0 radical (unpaired) electrons. The van der Waals surface area contributed by atoms with Crippen molar-refractivity contribution in [2.24, 2.45) is 5.92 Å². The third kappa shape index (κ3) is 4.59. The molecule has 26 heavy (non-hydrogen) atoms. The Balaban J connectivity index is 2.12. The molecule has 2 rings (SSSR count). The second-order valence-corrected chi connectivity index (χ2v) is 6.24. The van der Waals surface area contributed by atoms with Crippen LogP contribution in [0.15, 0.2) is 48.6 Å². The van der Waals surface area contributed by atoms with E-state index in [1.54, 1.807) is 24.1 Å². The lowest BCUT2D eigenvalue weighted by Gasteiger charge is -2.30. The quantitative estimate of drug-likeness (QED) is 0.609. The Morgan fingerprint density at radius 2 is 2.27 bits per heavy atom. The van der Waals surface area contributed by atoms with Crippen molar-refractivity contribution in [3.63, 3.8) is 0 Å². The molecule has 2 heterocycles. The maximum Gasteiger partial charge on any atom is 0.243 e. The van der Waals surface area contributed by atoms with E-state index in [-0.39, 0.29) is 17.7 Å². The lowest BCUT2D eigenvalue weighted by atomic mass is 9.89. The molecule has 0 bridgehead atoms. The van der Waals surface area contributed by atoms with Gasteiger partial charge in [0.15, 0.2) is 5.82 Å². The number of hydrogen-bond acceptors (Lipinski definition) is 3. The van der Waals surface area contributed by atoms with Gasteiger partial charge in [0.25, 0.3) is 0 Å². The molecule has 1 unspecified atom stereocenters. The fraction of sp³-hybridized carbons (Fsp3) is 0.350. The lowest BCUT2D eigenvalue weighted by molar-refractivity contribution is -0.120. The van der Waals surface area contributed by atoms with Crippen LogP contribution in [0, 0.1) is 5.92 Å². The largest absolute Gasteiger partial charge is 0.356 e. The Morgan fingerprint density at radius 3 is 2.88 bits per heavy atom. The molecule has 1 fully saturated rings. The topological polar surface area (TPSA) is 78.1 Å². The summed E-state index contributed by atoms with van der Waals surface area (Å²) in [6.45, 7) is 8.15. The van der Waals surface area contributed by atoms with Gasteiger partial charge in [0.2, 0.25) is 11.8 Å². The molecule has 0 spiro atoms. The van der Waals surface area contributed by atoms with Crippen LogP contribution in [0.5, 0.6) is 0 Å². The highest BCUT2D eigenvalue weighted by molar-refractivity contribution is 5.94. The van der Waals surface area contributed by atoms with Gasteiger partial charge in [0.05, 0.1) is 5.69 Å². The van der Waals surface area contributed by atoms with Crippen LogP contribution in [0.2, 0.25) is 0 Å². The molecular formula is C20H26N4O2. The number of anilines is 1. The molecule has 1 aromatic heterocycles. The first-order valence-corrected chi connectivity index (χ1v) is 8.71. The van der Waals surface area contributed by atoms with Gasteiger partial charge in [-0.1, -0.05) is 36.5 Å². The fourth-order valence-electron chi connectivity index (χ4n) is 3.00. The van der Waals surface area contributed by atoms with Crippen LogP contribution in [0.4, 0.5) is 5.82 Å². The van der Waals surface area contributed by atoms with Crippen LogP contribution in [-0.4, -0.2) is 35.6 Å². The number of piperidine rings is 1. The zero-order chi connectivity index (χ0) is 19.1. The highest BCUT2D eigenvalue weighted by atomic mass is 16.2. The number of carbonyl (C=O) groups excluding carboxylic acids is 2. The molecule has 0 aliphatic carbocycles. The first-order chi connectivity index (χ1) is 12.5. The van der Waals surface area contributed by atoms with Crippen molar-refractivity contribution in [2.45, 2.75) is 26.7 Å². The van der Waals surface area contributed by atoms with Gasteiger partial charge in [-0.15, -0.1) is 0 Å². The number of H-pyrrole nitrogens is 1. The molecule has 2 N–H and O–H groups in total. The van der Waals surface area contributed by atoms with E-state index < -0.39 is 0 Å². The Morgan fingerprint density at radius 1 is 1.50 bits per heavy atom. The maximum atomic E-state index is 12.6. The number of nitrogens with zero attached hydrogens (tertiary/aromatic N) is 2. The van der Waals surface area contributed by atoms with Crippen molar-refractivity contribution in [2.75, 3.05) is 18.5 Å². The average Bonchev–Trinajstić information content (AvgIpc) is 3.10. The number of likely N-dealkylation sites (N-methyl/N-ethyl adjacent to an activating group) is 1. The third-order valence-electron chi connectivity index (χ3n) is 4.47. The summed E-state index contributed by atoms with van der Waals surface area (Å²) in [6.07, 6.45) is 10.3. The molecule has 1 atom stereocenters. The minimum atomic E-state index is -0.139. The van der Waals surface area contributed by atoms with Crippen LogP contribution >= 0.6 is 0 Å². The number of hydrogen-bond donors (Lipinski definition) is 2. The molecule has 6 nitrogen and oxygen atoms in total. The summed E-state index contributed by atoms with van der Waals surface area (Å²) in [6, 6.07) is 1.88. The van der Waals surface area contributed by atoms with Crippen molar-refractivity contribution < 1.29 is 9.59 Å². The van der Waals surface area contributed by atoms with Crippen LogP contribution < -0.4 is 10.2 Å². The standard InChI is InChI=1S/C20H26N4O2/c1-5-7-15(8-6-2)17-13-18(23-22-17)24-10-9-16(12-20(24)26)14(3)11-19(25)21-4/h5-8,11,13,16H,1,9-10,12H2,2-4H3,(H,21,25)(H,22,23)/b8-6-,14-11+,15-7+. The van der Waals surface area contributed by atoms with Gasteiger partial charge in [-0.3, -0.25) is 19.6 Å². The number of aromatic nitrogens is 2. The Kier molecular flexibility index (Phi) is 6.72. The number of aromatic amines is 1. The second-order valence-electron chi connectivity index (χ2n) is 6.24. The van der Waals surface area contributed by atoms with Gasteiger partial charge < -0.3 is 5.32 Å². The number of nitrogens with one attached hydrogen (secondary N) is 2. The first-order valence-electron chi connectivity index (χ1n) is 8.71. The summed E-state index contributed by atoms with van der Waals surface area (Å²) in [5, 5.41) is 9.86. The van der Waals surface area contributed by atoms with Crippen molar-refractivity contribution in [3.05, 3.63) is 54.3 Å². The summed E-state index contributed by atoms with van der Waals surface area (Å²) < 4.78 is 0. The molecule has 0 saturated carbocycles. The van der Waals surface area contributed by atoms with E-state index in [0.717, 1.165) is 23.3 Å². The van der Waals surface area contributed by atoms with E-state index in [1.165, 1.54) is 0 Å². The number of rotatable bonds is 6. The number of carbonyl (C=O) groups is 2. The number of amides is 2. The highest BCUT2D eigenvalue weighted by Gasteiger charge is 2.29. The molecule has 0 aromatic carbocycles. The van der Waals surface area contributed by atoms with Crippen molar-refractivity contribution in [1.82, 2.24) is 15.5 Å². The van der Waals surface area contributed by atoms with E-state index in [2.05, 4.69) is 22.1 Å². The Labute approximate surface area is 154 Å². The van der Waals surface area contributed by atoms with E-state index >= 15 is 0 Å². The van der Waals surface area contributed by atoms with Crippen molar-refractivity contribution >= 4 is 23.2 Å². The van der Waals surface area contributed by atoms with Crippen LogP contribution in [0.3, 0.4) is 0 Å². The highest BCUT2D eigenvalue weighted by Crippen LogP contribution is 2.29. The van der Waals surface area contributed by atoms with Gasteiger partial charge >= 0.3 is 0 Å². The van der Waals surface area contributed by atoms with Crippen LogP contribution in [-0.2, 0) is 9.59 Å². The molecule has 2 amide bonds. The van der Waals surface area contributed by atoms with E-state index in [0.29, 0.717) is 18.8 Å². The van der Waals surface area contributed by atoms with E-state index in [9.17, 15) is 9.59 Å². The van der Waals surface area contributed by atoms with Gasteiger partial charge in [-0.05, 0) is 31.8 Å². The Bertz CT molecular complexity index is 771. The molecule has 1 aromatic rings. The summed E-state index contributed by atoms with van der Waals surface area (Å²) >= 11 is 0. The molecule has 1 aliphatic rings. The predicted octanol–water partition coefficient (Wildman–Crippen LogP) is 2.99. The summed E-state index contributed by atoms with van der Waals surface area (Å²) in [7, 11) is 1.60. The van der Waals surface area contributed by atoms with Crippen LogP contribution in [0.1, 0.15) is 32.4 Å². The lowest BCUT2D eigenvalue weighted by Crippen LogP contribution is -2.39. The summed E-state index contributed by atoms with van der Waals surface area (Å²) in [4.78, 5) is 25.8. The van der Waals surface area contributed by atoms with Crippen molar-refractivity contribution in [1.29, 1.82) is 0 Å². The minimum absolute atomic E-state index is 0.0178. The summed E-state index contributed by atoms with van der Waals surface area (Å²) in [5.74, 6) is 0.591. The molecule has 138 valence electrons. The third-order valence-corrected chi connectivity index (χ3v) is 4.47. The second kappa shape index (κ2) is 8.99. The zero-order valence-electron chi connectivity index (χ0n) is 15.6. The van der Waals surface area contributed by atoms with E-state index in [1.807, 2.05) is 38.1 Å². The average molecular weight is 354 g/mol. The first kappa shape index (κ1) is 19.4. The van der Waals surface area contributed by atoms with Gasteiger partial charge in [-0.2, -0.15) is 5.10 Å². The molecule has 1 saturated heterocycles. The minimum Gasteiger partial charge on any atom is -0.356 e. The molecular weight excluding hydrogens is 328 g/mol. The fourth-order valence-corrected chi connectivity index (χ4v) is 3.00. The molecule has 6 heteroatoms. The summed E-state index contributed by atoms with van der Waals surface area (Å²) in [5.41, 5.74) is 2.72. The van der Waals surface area contributed by atoms with Gasteiger partial charge in [0.1, 0.15) is 0 Å². The van der Waals surface area contributed by atoms with E-state index in [4.69, 9.17) is 0 Å². The normalized spacial score (nSPS) is 19.1. The zero-order valence-corrected chi connectivity index (χ0v) is 15.6. The smallest absolute Gasteiger partial charge is 0.243 e. The molecule has 1 aliphatic heterocycles. The predicted molar refractivity (Wildman–Crippen MR) is 104 cm³/mol. The van der Waals surface area contributed by atoms with Gasteiger partial charge in [0, 0.05) is 32.2 Å². The maximum absolute atomic E-state index is 12.6.